The Hall–Kier alpha value is -0.210. The topological polar surface area (TPSA) is 69.9 Å². The first-order chi connectivity index (χ1) is 9.34. The predicted octanol–water partition coefficient (Wildman–Crippen LogP) is 0.316. The maximum atomic E-state index is 12.9. The molecule has 1 aliphatic heterocycles. The monoisotopic (exact) mass is 306 g/mol. The highest BCUT2D eigenvalue weighted by atomic mass is 32.2. The standard InChI is InChI=1S/C13H30N4O2S/c1-5-16(12(2)11-15(3)4)20(18,19)17-9-7-6-8-13(17)10-14/h12-13H,5-11,14H2,1-4H3. The number of rotatable bonds is 7. The summed E-state index contributed by atoms with van der Waals surface area (Å²) in [5.41, 5.74) is 5.76. The highest BCUT2D eigenvalue weighted by molar-refractivity contribution is 7.86. The van der Waals surface area contributed by atoms with Crippen molar-refractivity contribution < 1.29 is 8.42 Å². The molecule has 0 radical (unpaired) electrons. The van der Waals surface area contributed by atoms with Gasteiger partial charge < -0.3 is 10.6 Å². The number of hydrogen-bond acceptors (Lipinski definition) is 4. The van der Waals surface area contributed by atoms with Gasteiger partial charge in [0.1, 0.15) is 0 Å². The summed E-state index contributed by atoms with van der Waals surface area (Å²) in [6.45, 7) is 6.06. The van der Waals surface area contributed by atoms with Crippen molar-refractivity contribution in [3.63, 3.8) is 0 Å². The van der Waals surface area contributed by atoms with Crippen LogP contribution in [0.1, 0.15) is 33.1 Å². The Kier molecular flexibility index (Phi) is 6.87. The zero-order valence-electron chi connectivity index (χ0n) is 13.2. The van der Waals surface area contributed by atoms with Gasteiger partial charge >= 0.3 is 0 Å². The van der Waals surface area contributed by atoms with Crippen molar-refractivity contribution >= 4 is 10.2 Å². The van der Waals surface area contributed by atoms with E-state index in [4.69, 9.17) is 5.73 Å². The van der Waals surface area contributed by atoms with Gasteiger partial charge in [-0.3, -0.25) is 0 Å². The maximum absolute atomic E-state index is 12.9. The van der Waals surface area contributed by atoms with Crippen molar-refractivity contribution in [1.82, 2.24) is 13.5 Å². The first-order valence-electron chi connectivity index (χ1n) is 7.48. The Morgan fingerprint density at radius 2 is 2.00 bits per heavy atom. The largest absolute Gasteiger partial charge is 0.329 e. The minimum atomic E-state index is -3.42. The molecule has 1 aliphatic rings. The Balaban J connectivity index is 2.92. The number of hydrogen-bond donors (Lipinski definition) is 1. The lowest BCUT2D eigenvalue weighted by atomic mass is 10.1. The highest BCUT2D eigenvalue weighted by Gasteiger charge is 2.37. The average molecular weight is 306 g/mol. The summed E-state index contributed by atoms with van der Waals surface area (Å²) in [4.78, 5) is 2.01. The van der Waals surface area contributed by atoms with Crippen molar-refractivity contribution in [2.75, 3.05) is 40.3 Å². The molecule has 0 bridgehead atoms. The van der Waals surface area contributed by atoms with Gasteiger partial charge in [0.25, 0.3) is 10.2 Å². The zero-order chi connectivity index (χ0) is 15.3. The van der Waals surface area contributed by atoms with Crippen molar-refractivity contribution in [2.24, 2.45) is 5.73 Å². The minimum absolute atomic E-state index is 0.0413. The second-order valence-corrected chi connectivity index (χ2v) is 7.65. The van der Waals surface area contributed by atoms with E-state index in [-0.39, 0.29) is 12.1 Å². The molecule has 2 N–H and O–H groups in total. The Morgan fingerprint density at radius 1 is 1.35 bits per heavy atom. The molecule has 0 aromatic carbocycles. The Bertz CT molecular complexity index is 386. The van der Waals surface area contributed by atoms with Crippen LogP contribution >= 0.6 is 0 Å². The number of nitrogens with two attached hydrogens (primary N) is 1. The summed E-state index contributed by atoms with van der Waals surface area (Å²) in [6.07, 6.45) is 2.86. The molecule has 0 saturated carbocycles. The van der Waals surface area contributed by atoms with Crippen molar-refractivity contribution in [3.8, 4) is 0 Å². The molecule has 2 atom stereocenters. The molecule has 0 aromatic heterocycles. The molecule has 120 valence electrons. The number of nitrogens with zero attached hydrogens (tertiary/aromatic N) is 3. The summed E-state index contributed by atoms with van der Waals surface area (Å²) < 4.78 is 29.0. The highest BCUT2D eigenvalue weighted by Crippen LogP contribution is 2.23. The smallest absolute Gasteiger partial charge is 0.282 e. The van der Waals surface area contributed by atoms with Gasteiger partial charge in [-0.2, -0.15) is 17.0 Å². The summed E-state index contributed by atoms with van der Waals surface area (Å²) in [6, 6.07) is -0.0882. The SMILES string of the molecule is CCN(C(C)CN(C)C)S(=O)(=O)N1CCCCC1CN. The van der Waals surface area contributed by atoms with E-state index < -0.39 is 10.2 Å². The predicted molar refractivity (Wildman–Crippen MR) is 82.7 cm³/mol. The van der Waals surface area contributed by atoms with Gasteiger partial charge in [0.2, 0.25) is 0 Å². The second-order valence-electron chi connectivity index (χ2n) is 5.82. The fourth-order valence-electron chi connectivity index (χ4n) is 2.97. The van der Waals surface area contributed by atoms with E-state index >= 15 is 0 Å². The molecule has 6 nitrogen and oxygen atoms in total. The molecule has 20 heavy (non-hydrogen) atoms. The van der Waals surface area contributed by atoms with Crippen LogP contribution in [0.5, 0.6) is 0 Å². The quantitative estimate of drug-likeness (QED) is 0.735. The molecule has 1 rings (SSSR count). The third-order valence-corrected chi connectivity index (χ3v) is 6.15. The van der Waals surface area contributed by atoms with Crippen LogP contribution in [0.25, 0.3) is 0 Å². The molecule has 7 heteroatoms. The van der Waals surface area contributed by atoms with Crippen LogP contribution in [0.15, 0.2) is 0 Å². The van der Waals surface area contributed by atoms with Gasteiger partial charge in [0, 0.05) is 38.3 Å². The van der Waals surface area contributed by atoms with E-state index in [0.29, 0.717) is 26.2 Å². The van der Waals surface area contributed by atoms with E-state index in [9.17, 15) is 8.42 Å². The van der Waals surface area contributed by atoms with Crippen LogP contribution in [-0.2, 0) is 10.2 Å². The molecule has 0 aliphatic carbocycles. The van der Waals surface area contributed by atoms with E-state index in [1.54, 1.807) is 8.61 Å². The minimum Gasteiger partial charge on any atom is -0.329 e. The van der Waals surface area contributed by atoms with Gasteiger partial charge in [0.15, 0.2) is 0 Å². The van der Waals surface area contributed by atoms with Gasteiger partial charge in [0.05, 0.1) is 0 Å². The van der Waals surface area contributed by atoms with Crippen molar-refractivity contribution in [1.29, 1.82) is 0 Å². The van der Waals surface area contributed by atoms with Crippen LogP contribution in [-0.4, -0.2) is 74.3 Å². The summed E-state index contributed by atoms with van der Waals surface area (Å²) in [7, 11) is 0.497. The zero-order valence-corrected chi connectivity index (χ0v) is 14.1. The molecular weight excluding hydrogens is 276 g/mol. The van der Waals surface area contributed by atoms with Crippen LogP contribution in [0, 0.1) is 0 Å². The van der Waals surface area contributed by atoms with Gasteiger partial charge in [-0.05, 0) is 33.9 Å². The number of piperidine rings is 1. The molecule has 1 fully saturated rings. The molecule has 0 aromatic rings. The first kappa shape index (κ1) is 17.8. The van der Waals surface area contributed by atoms with Gasteiger partial charge in [-0.25, -0.2) is 0 Å². The third-order valence-electron chi connectivity index (χ3n) is 3.87. The number of likely N-dealkylation sites (N-methyl/N-ethyl adjacent to an activating group) is 2. The molecule has 2 unspecified atom stereocenters. The van der Waals surface area contributed by atoms with Crippen molar-refractivity contribution in [2.45, 2.75) is 45.2 Å². The van der Waals surface area contributed by atoms with E-state index in [0.717, 1.165) is 19.3 Å². The van der Waals surface area contributed by atoms with Gasteiger partial charge in [-0.1, -0.05) is 13.3 Å². The molecule has 1 saturated heterocycles. The van der Waals surface area contributed by atoms with Crippen LogP contribution < -0.4 is 5.73 Å². The maximum Gasteiger partial charge on any atom is 0.282 e. The molecular formula is C13H30N4O2S. The van der Waals surface area contributed by atoms with Crippen LogP contribution in [0.3, 0.4) is 0 Å². The lowest BCUT2D eigenvalue weighted by molar-refractivity contribution is 0.212. The van der Waals surface area contributed by atoms with Crippen molar-refractivity contribution in [3.05, 3.63) is 0 Å². The average Bonchev–Trinajstić information content (AvgIpc) is 2.38. The Morgan fingerprint density at radius 3 is 2.50 bits per heavy atom. The van der Waals surface area contributed by atoms with E-state index in [2.05, 4.69) is 0 Å². The van der Waals surface area contributed by atoms with Crippen LogP contribution in [0.4, 0.5) is 0 Å². The van der Waals surface area contributed by atoms with Gasteiger partial charge in [-0.15, -0.1) is 0 Å². The fourth-order valence-corrected chi connectivity index (χ4v) is 5.02. The summed E-state index contributed by atoms with van der Waals surface area (Å²) in [5.74, 6) is 0. The first-order valence-corrected chi connectivity index (χ1v) is 8.87. The third kappa shape index (κ3) is 4.14. The second kappa shape index (κ2) is 7.70. The van der Waals surface area contributed by atoms with E-state index in [1.807, 2.05) is 32.8 Å². The molecule has 1 heterocycles. The van der Waals surface area contributed by atoms with Crippen LogP contribution in [0.2, 0.25) is 0 Å². The summed E-state index contributed by atoms with van der Waals surface area (Å²) in [5, 5.41) is 0. The lowest BCUT2D eigenvalue weighted by Crippen LogP contribution is -2.56. The molecule has 0 spiro atoms. The lowest BCUT2D eigenvalue weighted by Gasteiger charge is -2.39. The Labute approximate surface area is 124 Å². The summed E-state index contributed by atoms with van der Waals surface area (Å²) >= 11 is 0. The normalized spacial score (nSPS) is 23.4. The molecule has 0 amide bonds. The fraction of sp³-hybridized carbons (Fsp3) is 1.00. The van der Waals surface area contributed by atoms with E-state index in [1.165, 1.54) is 0 Å².